The molecule has 11 heteroatoms. The van der Waals surface area contributed by atoms with Crippen molar-refractivity contribution < 1.29 is 17.4 Å². The lowest BCUT2D eigenvalue weighted by Crippen LogP contribution is -2.32. The fourth-order valence-electron chi connectivity index (χ4n) is 2.64. The standard InChI is InChI=1S/C20H20ClF3N4O2S/c1-19(2,3)31(30)25-11-12-4-9-16(21)15(10-12)17-26-18(29)28(27-17)14-7-5-13(6-8-14)20(22,23)24/h4-10,25H,11H2,1-3H3,(H,26,27,29). The van der Waals surface area contributed by atoms with Crippen molar-refractivity contribution >= 4 is 22.6 Å². The Balaban J connectivity index is 1.89. The summed E-state index contributed by atoms with van der Waals surface area (Å²) in [5.74, 6) is 0.161. The summed E-state index contributed by atoms with van der Waals surface area (Å²) in [5, 5.41) is 4.51. The summed E-state index contributed by atoms with van der Waals surface area (Å²) >= 11 is 6.27. The largest absolute Gasteiger partial charge is 0.416 e. The van der Waals surface area contributed by atoms with Gasteiger partial charge in [0.1, 0.15) is 0 Å². The molecule has 6 nitrogen and oxygen atoms in total. The van der Waals surface area contributed by atoms with Gasteiger partial charge in [0.15, 0.2) is 5.82 Å². The first kappa shape index (κ1) is 23.2. The summed E-state index contributed by atoms with van der Waals surface area (Å²) in [6, 6.07) is 9.17. The van der Waals surface area contributed by atoms with Crippen molar-refractivity contribution in [1.82, 2.24) is 19.5 Å². The molecule has 1 aromatic heterocycles. The van der Waals surface area contributed by atoms with Crippen LogP contribution in [0, 0.1) is 0 Å². The van der Waals surface area contributed by atoms with Crippen LogP contribution in [0.15, 0.2) is 47.3 Å². The number of benzene rings is 2. The highest BCUT2D eigenvalue weighted by molar-refractivity contribution is 7.84. The molecule has 0 radical (unpaired) electrons. The molecule has 0 bridgehead atoms. The summed E-state index contributed by atoms with van der Waals surface area (Å²) < 4.78 is 53.9. The normalized spacial score (nSPS) is 13.4. The number of nitrogens with zero attached hydrogens (tertiary/aromatic N) is 2. The lowest BCUT2D eigenvalue weighted by atomic mass is 10.1. The van der Waals surface area contributed by atoms with Crippen LogP contribution in [0.25, 0.3) is 17.1 Å². The van der Waals surface area contributed by atoms with Gasteiger partial charge in [-0.25, -0.2) is 13.7 Å². The molecule has 0 aliphatic heterocycles. The zero-order chi connectivity index (χ0) is 23.0. The van der Waals surface area contributed by atoms with Gasteiger partial charge in [-0.15, -0.1) is 5.10 Å². The van der Waals surface area contributed by atoms with E-state index in [1.54, 1.807) is 18.2 Å². The van der Waals surface area contributed by atoms with Crippen molar-refractivity contribution in [2.45, 2.75) is 38.2 Å². The van der Waals surface area contributed by atoms with Crippen molar-refractivity contribution in [3.8, 4) is 17.1 Å². The summed E-state index contributed by atoms with van der Waals surface area (Å²) in [7, 11) is -1.27. The Bertz CT molecular complexity index is 1160. The number of aromatic nitrogens is 3. The average Bonchev–Trinajstić information content (AvgIpc) is 3.07. The first-order valence-electron chi connectivity index (χ1n) is 9.17. The van der Waals surface area contributed by atoms with Gasteiger partial charge < -0.3 is 0 Å². The molecule has 1 heterocycles. The lowest BCUT2D eigenvalue weighted by Gasteiger charge is -2.18. The van der Waals surface area contributed by atoms with Crippen LogP contribution in [-0.2, 0) is 23.7 Å². The fraction of sp³-hybridized carbons (Fsp3) is 0.300. The third-order valence-electron chi connectivity index (χ3n) is 4.31. The zero-order valence-electron chi connectivity index (χ0n) is 16.9. The highest BCUT2D eigenvalue weighted by Crippen LogP contribution is 2.30. The molecule has 3 rings (SSSR count). The van der Waals surface area contributed by atoms with Crippen LogP contribution in [0.4, 0.5) is 13.2 Å². The van der Waals surface area contributed by atoms with Crippen molar-refractivity contribution in [2.75, 3.05) is 0 Å². The third-order valence-corrected chi connectivity index (χ3v) is 6.15. The molecule has 1 atom stereocenters. The van der Waals surface area contributed by atoms with Crippen LogP contribution in [0.5, 0.6) is 0 Å². The van der Waals surface area contributed by atoms with Gasteiger partial charge in [0.2, 0.25) is 0 Å². The van der Waals surface area contributed by atoms with E-state index in [1.165, 1.54) is 12.1 Å². The molecule has 0 saturated carbocycles. The number of rotatable bonds is 5. The van der Waals surface area contributed by atoms with E-state index < -0.39 is 33.2 Å². The SMILES string of the molecule is CC(C)(C)S(=O)NCc1ccc(Cl)c(-c2nn(-c3ccc(C(F)(F)F)cc3)c(=O)[nH]2)c1. The number of nitrogens with one attached hydrogen (secondary N) is 2. The first-order valence-corrected chi connectivity index (χ1v) is 10.7. The fourth-order valence-corrected chi connectivity index (χ4v) is 3.58. The van der Waals surface area contributed by atoms with Gasteiger partial charge in [-0.3, -0.25) is 4.98 Å². The quantitative estimate of drug-likeness (QED) is 0.575. The van der Waals surface area contributed by atoms with Crippen LogP contribution < -0.4 is 10.4 Å². The number of alkyl halides is 3. The van der Waals surface area contributed by atoms with Crippen LogP contribution in [0.2, 0.25) is 5.02 Å². The van der Waals surface area contributed by atoms with Crippen molar-refractivity contribution in [3.05, 3.63) is 69.1 Å². The summed E-state index contributed by atoms with van der Waals surface area (Å²) in [6.07, 6.45) is -4.47. The highest BCUT2D eigenvalue weighted by atomic mass is 35.5. The van der Waals surface area contributed by atoms with Gasteiger partial charge in [0.25, 0.3) is 0 Å². The molecule has 0 spiro atoms. The molecule has 0 saturated heterocycles. The first-order chi connectivity index (χ1) is 14.4. The maximum atomic E-state index is 12.8. The van der Waals surface area contributed by atoms with Gasteiger partial charge in [-0.05, 0) is 62.7 Å². The predicted molar refractivity (Wildman–Crippen MR) is 114 cm³/mol. The Kier molecular flexibility index (Phi) is 6.45. The molecule has 2 aromatic carbocycles. The van der Waals surface area contributed by atoms with E-state index in [2.05, 4.69) is 14.8 Å². The molecule has 0 aliphatic carbocycles. The molecule has 2 N–H and O–H groups in total. The van der Waals surface area contributed by atoms with E-state index in [0.29, 0.717) is 17.1 Å². The average molecular weight is 473 g/mol. The second kappa shape index (κ2) is 8.60. The monoisotopic (exact) mass is 472 g/mol. The van der Waals surface area contributed by atoms with Crippen molar-refractivity contribution in [1.29, 1.82) is 0 Å². The molecule has 3 aromatic rings. The lowest BCUT2D eigenvalue weighted by molar-refractivity contribution is -0.137. The minimum absolute atomic E-state index is 0.161. The molecule has 0 amide bonds. The molecule has 0 fully saturated rings. The summed E-state index contributed by atoms with van der Waals surface area (Å²) in [6.45, 7) is 5.85. The van der Waals surface area contributed by atoms with Crippen molar-refractivity contribution in [2.24, 2.45) is 0 Å². The van der Waals surface area contributed by atoms with Gasteiger partial charge >= 0.3 is 11.9 Å². The Morgan fingerprint density at radius 1 is 1.13 bits per heavy atom. The van der Waals surface area contributed by atoms with E-state index in [4.69, 9.17) is 11.6 Å². The number of H-pyrrole nitrogens is 1. The maximum absolute atomic E-state index is 12.8. The predicted octanol–water partition coefficient (Wildman–Crippen LogP) is 4.45. The Labute approximate surface area is 184 Å². The van der Waals surface area contributed by atoms with E-state index >= 15 is 0 Å². The van der Waals surface area contributed by atoms with Crippen LogP contribution in [0.3, 0.4) is 0 Å². The minimum atomic E-state index is -4.47. The molecular formula is C20H20ClF3N4O2S. The number of hydrogen-bond donors (Lipinski definition) is 2. The van der Waals surface area contributed by atoms with E-state index in [9.17, 15) is 22.2 Å². The summed E-state index contributed by atoms with van der Waals surface area (Å²) in [4.78, 5) is 14.9. The Morgan fingerprint density at radius 2 is 1.77 bits per heavy atom. The van der Waals surface area contributed by atoms with E-state index in [1.807, 2.05) is 20.8 Å². The molecule has 31 heavy (non-hydrogen) atoms. The third kappa shape index (κ3) is 5.44. The maximum Gasteiger partial charge on any atom is 0.416 e. The van der Waals surface area contributed by atoms with E-state index in [0.717, 1.165) is 22.4 Å². The topological polar surface area (TPSA) is 79.8 Å². The smallest absolute Gasteiger partial charge is 0.288 e. The van der Waals surface area contributed by atoms with Gasteiger partial charge in [0.05, 0.1) is 32.0 Å². The van der Waals surface area contributed by atoms with Gasteiger partial charge in [0, 0.05) is 12.1 Å². The minimum Gasteiger partial charge on any atom is -0.288 e. The Morgan fingerprint density at radius 3 is 2.35 bits per heavy atom. The highest BCUT2D eigenvalue weighted by Gasteiger charge is 2.30. The number of halogens is 4. The zero-order valence-corrected chi connectivity index (χ0v) is 18.5. The van der Waals surface area contributed by atoms with E-state index in [-0.39, 0.29) is 11.5 Å². The van der Waals surface area contributed by atoms with Crippen LogP contribution in [-0.4, -0.2) is 23.7 Å². The molecule has 166 valence electrons. The van der Waals surface area contributed by atoms with Crippen LogP contribution >= 0.6 is 11.6 Å². The second-order valence-electron chi connectivity index (χ2n) is 7.75. The second-order valence-corrected chi connectivity index (χ2v) is 10.2. The number of hydrogen-bond acceptors (Lipinski definition) is 3. The van der Waals surface area contributed by atoms with Gasteiger partial charge in [-0.1, -0.05) is 17.7 Å². The van der Waals surface area contributed by atoms with Crippen molar-refractivity contribution in [3.63, 3.8) is 0 Å². The van der Waals surface area contributed by atoms with Crippen LogP contribution in [0.1, 0.15) is 31.9 Å². The Hall–Kier alpha value is -2.43. The summed E-state index contributed by atoms with van der Waals surface area (Å²) in [5.41, 5.74) is -0.0682. The molecule has 1 unspecified atom stereocenters. The van der Waals surface area contributed by atoms with Gasteiger partial charge in [-0.2, -0.15) is 17.9 Å². The number of aromatic amines is 1. The molecule has 0 aliphatic rings. The molecular weight excluding hydrogens is 453 g/mol.